The van der Waals surface area contributed by atoms with Gasteiger partial charge in [-0.25, -0.2) is 0 Å². The van der Waals surface area contributed by atoms with Crippen LogP contribution in [0.2, 0.25) is 0 Å². The highest BCUT2D eigenvalue weighted by atomic mass is 32.1. The van der Waals surface area contributed by atoms with Crippen molar-refractivity contribution in [3.05, 3.63) is 87.6 Å². The van der Waals surface area contributed by atoms with Gasteiger partial charge in [0.05, 0.1) is 17.4 Å². The molecule has 154 valence electrons. The number of thiophene rings is 1. The third-order valence-corrected chi connectivity index (χ3v) is 6.34. The molecule has 2 aromatic carbocycles. The number of carbonyl (C=O) groups excluding carboxylic acids is 1. The molecule has 3 N–H and O–H groups in total. The van der Waals surface area contributed by atoms with Gasteiger partial charge in [-0.15, -0.1) is 11.3 Å². The van der Waals surface area contributed by atoms with Crippen molar-refractivity contribution in [2.45, 2.75) is 38.6 Å². The average Bonchev–Trinajstić information content (AvgIpc) is 3.30. The van der Waals surface area contributed by atoms with Crippen LogP contribution in [0.5, 0.6) is 0 Å². The Labute approximate surface area is 182 Å². The Bertz CT molecular complexity index is 973. The number of hydrogen-bond acceptors (Lipinski definition) is 3. The van der Waals surface area contributed by atoms with Crippen molar-refractivity contribution in [1.82, 2.24) is 0 Å². The van der Waals surface area contributed by atoms with Crippen LogP contribution in [-0.4, -0.2) is 12.5 Å². The summed E-state index contributed by atoms with van der Waals surface area (Å²) in [7, 11) is 0. The van der Waals surface area contributed by atoms with E-state index in [9.17, 15) is 4.79 Å². The Morgan fingerprint density at radius 1 is 1.10 bits per heavy atom. The highest BCUT2D eigenvalue weighted by Crippen LogP contribution is 2.25. The summed E-state index contributed by atoms with van der Waals surface area (Å²) in [5.74, 6) is 0.509. The molecule has 0 spiro atoms. The van der Waals surface area contributed by atoms with Crippen molar-refractivity contribution in [2.75, 3.05) is 11.9 Å². The fraction of sp³-hybridized carbons (Fsp3) is 0.280. The van der Waals surface area contributed by atoms with Crippen LogP contribution in [0, 0.1) is 11.3 Å². The van der Waals surface area contributed by atoms with E-state index in [4.69, 9.17) is 5.26 Å². The number of carbonyl (C=O) groups is 1. The molecule has 0 aliphatic rings. The number of quaternary nitrogens is 1. The van der Waals surface area contributed by atoms with E-state index in [1.54, 1.807) is 11.3 Å². The minimum absolute atomic E-state index is 0.0409. The second-order valence-electron chi connectivity index (χ2n) is 7.49. The lowest BCUT2D eigenvalue weighted by Gasteiger charge is -2.16. The van der Waals surface area contributed by atoms with E-state index in [0.29, 0.717) is 18.9 Å². The number of anilines is 1. The molecule has 0 bridgehead atoms. The summed E-state index contributed by atoms with van der Waals surface area (Å²) in [4.78, 5) is 13.8. The first-order chi connectivity index (χ1) is 14.6. The Morgan fingerprint density at radius 2 is 1.80 bits per heavy atom. The molecule has 0 aliphatic carbocycles. The van der Waals surface area contributed by atoms with E-state index >= 15 is 0 Å². The molecule has 0 saturated heterocycles. The summed E-state index contributed by atoms with van der Waals surface area (Å²) in [5, 5.41) is 15.9. The van der Waals surface area contributed by atoms with Crippen molar-refractivity contribution in [1.29, 1.82) is 5.26 Å². The number of benzene rings is 2. The Morgan fingerprint density at radius 3 is 2.40 bits per heavy atom. The third-order valence-electron chi connectivity index (χ3n) is 5.39. The lowest BCUT2D eigenvalue weighted by Crippen LogP contribution is -2.87. The smallest absolute Gasteiger partial charge is 0.279 e. The van der Waals surface area contributed by atoms with Crippen molar-refractivity contribution in [2.24, 2.45) is 0 Å². The number of hydrogen-bond donors (Lipinski definition) is 2. The molecule has 2 atom stereocenters. The van der Waals surface area contributed by atoms with Gasteiger partial charge in [0.25, 0.3) is 5.91 Å². The van der Waals surface area contributed by atoms with Crippen molar-refractivity contribution < 1.29 is 10.1 Å². The number of amides is 1. The normalized spacial score (nSPS) is 12.7. The van der Waals surface area contributed by atoms with Crippen molar-refractivity contribution in [3.63, 3.8) is 0 Å². The molecule has 0 unspecified atom stereocenters. The average molecular weight is 419 g/mol. The molecule has 3 aromatic rings. The van der Waals surface area contributed by atoms with E-state index in [0.717, 1.165) is 17.7 Å². The Kier molecular flexibility index (Phi) is 7.78. The Hall–Kier alpha value is -2.94. The molecule has 0 fully saturated rings. The summed E-state index contributed by atoms with van der Waals surface area (Å²) in [6.45, 7) is 4.78. The van der Waals surface area contributed by atoms with Crippen LogP contribution in [0.15, 0.2) is 66.0 Å². The van der Waals surface area contributed by atoms with Gasteiger partial charge in [-0.3, -0.25) is 4.79 Å². The summed E-state index contributed by atoms with van der Waals surface area (Å²) < 4.78 is 0. The van der Waals surface area contributed by atoms with Gasteiger partial charge in [-0.1, -0.05) is 56.3 Å². The van der Waals surface area contributed by atoms with Gasteiger partial charge in [0.1, 0.15) is 6.04 Å². The van der Waals surface area contributed by atoms with E-state index < -0.39 is 0 Å². The van der Waals surface area contributed by atoms with E-state index in [-0.39, 0.29) is 11.9 Å². The molecular weight excluding hydrogens is 390 g/mol. The largest absolute Gasteiger partial charge is 0.328 e. The monoisotopic (exact) mass is 418 g/mol. The maximum atomic E-state index is 12.5. The van der Waals surface area contributed by atoms with Gasteiger partial charge in [0.2, 0.25) is 0 Å². The highest BCUT2D eigenvalue weighted by Gasteiger charge is 2.20. The molecule has 1 amide bonds. The number of nitrogens with zero attached hydrogens (tertiary/aromatic N) is 1. The SMILES string of the molecule is CC[C@H](C)c1ccc([C@H]([NH2+]CC(=O)Nc2ccc(CC#N)cc2)c2cccs2)cc1. The van der Waals surface area contributed by atoms with Crippen LogP contribution in [-0.2, 0) is 11.2 Å². The van der Waals surface area contributed by atoms with Crippen LogP contribution < -0.4 is 10.6 Å². The number of nitrogens with one attached hydrogen (secondary N) is 1. The van der Waals surface area contributed by atoms with Gasteiger partial charge in [-0.05, 0) is 47.0 Å². The highest BCUT2D eigenvalue weighted by molar-refractivity contribution is 7.10. The fourth-order valence-corrected chi connectivity index (χ4v) is 4.24. The van der Waals surface area contributed by atoms with Gasteiger partial charge in [-0.2, -0.15) is 5.26 Å². The lowest BCUT2D eigenvalue weighted by atomic mass is 9.95. The maximum Gasteiger partial charge on any atom is 0.279 e. The quantitative estimate of drug-likeness (QED) is 0.532. The Balaban J connectivity index is 1.66. The van der Waals surface area contributed by atoms with Crippen LogP contribution in [0.4, 0.5) is 5.69 Å². The summed E-state index contributed by atoms with van der Waals surface area (Å²) in [5.41, 5.74) is 4.25. The van der Waals surface area contributed by atoms with Crippen LogP contribution in [0.3, 0.4) is 0 Å². The molecular formula is C25H28N3OS+. The summed E-state index contributed by atoms with van der Waals surface area (Å²) in [6, 6.07) is 22.6. The number of nitrogens with two attached hydrogens (primary N) is 1. The van der Waals surface area contributed by atoms with Gasteiger partial charge >= 0.3 is 0 Å². The second kappa shape index (κ2) is 10.7. The van der Waals surface area contributed by atoms with Gasteiger partial charge in [0, 0.05) is 11.3 Å². The zero-order chi connectivity index (χ0) is 21.3. The molecule has 0 saturated carbocycles. The van der Waals surface area contributed by atoms with Crippen molar-refractivity contribution in [3.8, 4) is 6.07 Å². The number of nitriles is 1. The standard InChI is InChI=1S/C25H27N3OS/c1-3-18(2)20-8-10-21(11-9-20)25(23-5-4-16-30-23)27-17-24(29)28-22-12-6-19(7-13-22)14-15-26/h4-13,16,18,25,27H,3,14,17H2,1-2H3,(H,28,29)/p+1/t18-,25-/m0/s1. The third kappa shape index (κ3) is 5.79. The minimum Gasteiger partial charge on any atom is -0.328 e. The summed E-state index contributed by atoms with van der Waals surface area (Å²) >= 11 is 1.71. The van der Waals surface area contributed by atoms with E-state index in [1.165, 1.54) is 16.0 Å². The molecule has 3 rings (SSSR count). The molecule has 1 aromatic heterocycles. The molecule has 1 heterocycles. The zero-order valence-electron chi connectivity index (χ0n) is 17.5. The predicted molar refractivity (Wildman–Crippen MR) is 122 cm³/mol. The maximum absolute atomic E-state index is 12.5. The van der Waals surface area contributed by atoms with Gasteiger partial charge in [0.15, 0.2) is 6.54 Å². The first-order valence-electron chi connectivity index (χ1n) is 10.3. The molecule has 5 heteroatoms. The van der Waals surface area contributed by atoms with E-state index in [2.05, 4.69) is 72.3 Å². The molecule has 4 nitrogen and oxygen atoms in total. The first kappa shape index (κ1) is 21.8. The lowest BCUT2D eigenvalue weighted by molar-refractivity contribution is -0.675. The number of rotatable bonds is 9. The molecule has 0 aliphatic heterocycles. The van der Waals surface area contributed by atoms with Crippen LogP contribution >= 0.6 is 11.3 Å². The van der Waals surface area contributed by atoms with Crippen LogP contribution in [0.1, 0.15) is 53.8 Å². The van der Waals surface area contributed by atoms with Crippen LogP contribution in [0.25, 0.3) is 0 Å². The molecule has 30 heavy (non-hydrogen) atoms. The first-order valence-corrected chi connectivity index (χ1v) is 11.2. The predicted octanol–water partition coefficient (Wildman–Crippen LogP) is 4.62. The minimum atomic E-state index is -0.0409. The van der Waals surface area contributed by atoms with Crippen molar-refractivity contribution >= 4 is 22.9 Å². The summed E-state index contributed by atoms with van der Waals surface area (Å²) in [6.07, 6.45) is 1.50. The van der Waals surface area contributed by atoms with E-state index in [1.807, 2.05) is 24.3 Å². The zero-order valence-corrected chi connectivity index (χ0v) is 18.3. The second-order valence-corrected chi connectivity index (χ2v) is 8.47. The van der Waals surface area contributed by atoms with Gasteiger partial charge < -0.3 is 10.6 Å². The topological polar surface area (TPSA) is 69.5 Å². The molecule has 0 radical (unpaired) electrons. The fourth-order valence-electron chi connectivity index (χ4n) is 3.39.